The molecular weight excluding hydrogens is 494 g/mol. The molecule has 0 atom stereocenters. The summed E-state index contributed by atoms with van der Waals surface area (Å²) in [5.74, 6) is -1.44. The van der Waals surface area contributed by atoms with Crippen LogP contribution in [0.5, 0.6) is 0 Å². The number of benzene rings is 2. The quantitative estimate of drug-likeness (QED) is 0.373. The third-order valence-corrected chi connectivity index (χ3v) is 6.31. The normalized spacial score (nSPS) is 15.5. The molecule has 0 saturated carbocycles. The Morgan fingerprint density at radius 2 is 1.59 bits per heavy atom. The third-order valence-electron chi connectivity index (χ3n) is 5.37. The number of nitrogens with one attached hydrogen (secondary N) is 1. The minimum absolute atomic E-state index is 0.127. The molecule has 3 aromatic rings. The van der Waals surface area contributed by atoms with E-state index >= 15 is 0 Å². The van der Waals surface area contributed by atoms with Gasteiger partial charge in [-0.2, -0.15) is 0 Å². The van der Waals surface area contributed by atoms with Crippen LogP contribution in [-0.4, -0.2) is 22.4 Å². The maximum Gasteiger partial charge on any atom is 0.335 e. The van der Waals surface area contributed by atoms with Gasteiger partial charge in [0.25, 0.3) is 11.8 Å². The van der Waals surface area contributed by atoms with Gasteiger partial charge in [0.15, 0.2) is 0 Å². The zero-order valence-corrected chi connectivity index (χ0v) is 19.9. The summed E-state index contributed by atoms with van der Waals surface area (Å²) in [6.07, 6.45) is 1.52. The topological polar surface area (TPSA) is 71.4 Å². The zero-order valence-electron chi connectivity index (χ0n) is 17.6. The van der Waals surface area contributed by atoms with Gasteiger partial charge in [-0.15, -0.1) is 0 Å². The second-order valence-corrected chi connectivity index (χ2v) is 8.85. The van der Waals surface area contributed by atoms with Crippen LogP contribution < -0.4 is 10.2 Å². The van der Waals surface area contributed by atoms with Gasteiger partial charge in [-0.1, -0.05) is 33.6 Å². The first-order valence-electron chi connectivity index (χ1n) is 9.80. The van der Waals surface area contributed by atoms with Gasteiger partial charge in [-0.25, -0.2) is 9.69 Å². The molecule has 1 N–H and O–H groups in total. The van der Waals surface area contributed by atoms with E-state index in [0.29, 0.717) is 16.3 Å². The molecule has 0 spiro atoms. The average Bonchev–Trinajstić information content (AvgIpc) is 3.01. The summed E-state index contributed by atoms with van der Waals surface area (Å²) in [4.78, 5) is 39.1. The van der Waals surface area contributed by atoms with Gasteiger partial charge in [-0.05, 0) is 80.4 Å². The van der Waals surface area contributed by atoms with Crippen molar-refractivity contribution in [2.24, 2.45) is 0 Å². The van der Waals surface area contributed by atoms with E-state index in [1.165, 1.54) is 12.1 Å². The maximum atomic E-state index is 13.2. The number of hydrogen-bond donors (Lipinski definition) is 1. The lowest BCUT2D eigenvalue weighted by Gasteiger charge is -2.26. The predicted octanol–water partition coefficient (Wildman–Crippen LogP) is 5.48. The molecule has 0 aliphatic carbocycles. The van der Waals surface area contributed by atoms with Gasteiger partial charge in [0.1, 0.15) is 5.57 Å². The van der Waals surface area contributed by atoms with Gasteiger partial charge >= 0.3 is 6.03 Å². The van der Waals surface area contributed by atoms with Crippen LogP contribution in [0, 0.1) is 20.8 Å². The number of anilines is 1. The molecule has 1 aliphatic rings. The number of hydrogen-bond acceptors (Lipinski definition) is 3. The van der Waals surface area contributed by atoms with Crippen molar-refractivity contribution in [3.05, 3.63) is 86.1 Å². The highest BCUT2D eigenvalue weighted by Crippen LogP contribution is 2.28. The molecule has 1 saturated heterocycles. The van der Waals surface area contributed by atoms with Crippen molar-refractivity contribution in [3.8, 4) is 5.69 Å². The van der Waals surface area contributed by atoms with E-state index in [1.807, 2.05) is 55.7 Å². The molecule has 1 fully saturated rings. The molecule has 8 heteroatoms. The van der Waals surface area contributed by atoms with E-state index < -0.39 is 17.8 Å². The number of barbiturate groups is 1. The molecule has 4 amide bonds. The number of amides is 4. The van der Waals surface area contributed by atoms with Crippen molar-refractivity contribution in [1.82, 2.24) is 9.88 Å². The first-order valence-corrected chi connectivity index (χ1v) is 11.0. The molecule has 1 aromatic heterocycles. The Balaban J connectivity index is 1.76. The number of nitrogens with zero attached hydrogens (tertiary/aromatic N) is 2. The number of rotatable bonds is 3. The fourth-order valence-corrected chi connectivity index (χ4v) is 4.13. The molecule has 2 aromatic carbocycles. The Bertz CT molecular complexity index is 1310. The van der Waals surface area contributed by atoms with Gasteiger partial charge in [0.2, 0.25) is 0 Å². The maximum absolute atomic E-state index is 13.2. The fourth-order valence-electron chi connectivity index (χ4n) is 3.69. The SMILES string of the molecule is Cc1ccc(N2C(=O)NC(=O)C(=Cc3cc(C)n(-c4ccc(Br)cc4)c3C)C2=O)cc1Cl. The second-order valence-electron chi connectivity index (χ2n) is 7.53. The number of halogens is 2. The molecule has 32 heavy (non-hydrogen) atoms. The van der Waals surface area contributed by atoms with Crippen LogP contribution in [0.2, 0.25) is 5.02 Å². The summed E-state index contributed by atoms with van der Waals surface area (Å²) >= 11 is 9.61. The lowest BCUT2D eigenvalue weighted by molar-refractivity contribution is -0.122. The van der Waals surface area contributed by atoms with E-state index in [2.05, 4.69) is 21.2 Å². The van der Waals surface area contributed by atoms with Crippen molar-refractivity contribution in [2.75, 3.05) is 4.90 Å². The van der Waals surface area contributed by atoms with Crippen LogP contribution in [0.4, 0.5) is 10.5 Å². The van der Waals surface area contributed by atoms with Crippen molar-refractivity contribution < 1.29 is 14.4 Å². The highest BCUT2D eigenvalue weighted by molar-refractivity contribution is 9.10. The second kappa shape index (κ2) is 8.41. The van der Waals surface area contributed by atoms with Crippen LogP contribution >= 0.6 is 27.5 Å². The smallest absolute Gasteiger partial charge is 0.318 e. The Labute approximate surface area is 198 Å². The van der Waals surface area contributed by atoms with Crippen LogP contribution in [0.3, 0.4) is 0 Å². The number of imide groups is 2. The van der Waals surface area contributed by atoms with E-state index in [9.17, 15) is 14.4 Å². The van der Waals surface area contributed by atoms with Crippen molar-refractivity contribution in [3.63, 3.8) is 0 Å². The van der Waals surface area contributed by atoms with Gasteiger partial charge in [0.05, 0.1) is 5.69 Å². The summed E-state index contributed by atoms with van der Waals surface area (Å²) in [5, 5.41) is 2.67. The summed E-state index contributed by atoms with van der Waals surface area (Å²) in [5.41, 5.74) is 4.45. The highest BCUT2D eigenvalue weighted by Gasteiger charge is 2.37. The monoisotopic (exact) mass is 511 g/mol. The summed E-state index contributed by atoms with van der Waals surface area (Å²) in [7, 11) is 0. The summed E-state index contributed by atoms with van der Waals surface area (Å²) in [6, 6.07) is 13.8. The highest BCUT2D eigenvalue weighted by atomic mass is 79.9. The minimum Gasteiger partial charge on any atom is -0.318 e. The Hall–Kier alpha value is -3.16. The van der Waals surface area contributed by atoms with Crippen LogP contribution in [0.15, 0.2) is 58.6 Å². The molecule has 0 unspecified atom stereocenters. The van der Waals surface area contributed by atoms with Gasteiger partial charge in [-0.3, -0.25) is 14.9 Å². The Morgan fingerprint density at radius 3 is 2.25 bits per heavy atom. The molecule has 1 aliphatic heterocycles. The van der Waals surface area contributed by atoms with E-state index in [4.69, 9.17) is 11.6 Å². The van der Waals surface area contributed by atoms with E-state index in [0.717, 1.165) is 32.0 Å². The molecule has 6 nitrogen and oxygen atoms in total. The van der Waals surface area contributed by atoms with E-state index in [1.54, 1.807) is 12.1 Å². The minimum atomic E-state index is -0.808. The summed E-state index contributed by atoms with van der Waals surface area (Å²) < 4.78 is 3.00. The average molecular weight is 513 g/mol. The number of carbonyl (C=O) groups excluding carboxylic acids is 3. The standard InChI is InChI=1S/C24H19BrClN3O3/c1-13-4-7-19(12-21(13)26)29-23(31)20(22(30)27-24(29)32)11-16-10-14(2)28(15(16)3)18-8-5-17(25)6-9-18/h4-12H,1-3H3,(H,27,30,32). The number of carbonyl (C=O) groups is 3. The number of aryl methyl sites for hydroxylation is 2. The largest absolute Gasteiger partial charge is 0.335 e. The third kappa shape index (κ3) is 3.89. The predicted molar refractivity (Wildman–Crippen MR) is 128 cm³/mol. The number of aromatic nitrogens is 1. The fraction of sp³-hybridized carbons (Fsp3) is 0.125. The van der Waals surface area contributed by atoms with Crippen LogP contribution in [0.25, 0.3) is 11.8 Å². The lowest BCUT2D eigenvalue weighted by Crippen LogP contribution is -2.54. The van der Waals surface area contributed by atoms with E-state index in [-0.39, 0.29) is 5.57 Å². The number of urea groups is 1. The Morgan fingerprint density at radius 1 is 0.938 bits per heavy atom. The van der Waals surface area contributed by atoms with Crippen LogP contribution in [-0.2, 0) is 9.59 Å². The molecule has 0 radical (unpaired) electrons. The van der Waals surface area contributed by atoms with Crippen LogP contribution in [0.1, 0.15) is 22.5 Å². The zero-order chi connectivity index (χ0) is 23.2. The first kappa shape index (κ1) is 22.0. The molecule has 0 bridgehead atoms. The van der Waals surface area contributed by atoms with Crippen molar-refractivity contribution in [1.29, 1.82) is 0 Å². The molecular formula is C24H19BrClN3O3. The van der Waals surface area contributed by atoms with Gasteiger partial charge in [0, 0.05) is 26.6 Å². The molecule has 162 valence electrons. The van der Waals surface area contributed by atoms with Crippen molar-refractivity contribution >= 4 is 57.1 Å². The van der Waals surface area contributed by atoms with Crippen molar-refractivity contribution in [2.45, 2.75) is 20.8 Å². The summed E-state index contributed by atoms with van der Waals surface area (Å²) in [6.45, 7) is 5.68. The molecule has 2 heterocycles. The first-order chi connectivity index (χ1) is 15.2. The van der Waals surface area contributed by atoms with Gasteiger partial charge < -0.3 is 4.57 Å². The lowest BCUT2D eigenvalue weighted by atomic mass is 10.1. The Kier molecular flexibility index (Phi) is 5.79. The molecule has 4 rings (SSSR count).